The van der Waals surface area contributed by atoms with Gasteiger partial charge in [0.2, 0.25) is 5.91 Å². The highest BCUT2D eigenvalue weighted by Crippen LogP contribution is 2.36. The molecule has 0 unspecified atom stereocenters. The normalized spacial score (nSPS) is 15.3. The Balaban J connectivity index is 1.85. The first-order valence-corrected chi connectivity index (χ1v) is 10.6. The Morgan fingerprint density at radius 3 is 2.38 bits per heavy atom. The number of nitrogens with one attached hydrogen (secondary N) is 1. The van der Waals surface area contributed by atoms with Gasteiger partial charge in [0.25, 0.3) is 5.91 Å². The minimum atomic E-state index is -3.65. The zero-order valence-corrected chi connectivity index (χ0v) is 16.9. The smallest absolute Gasteiger partial charge is 0.339 e. The topological polar surface area (TPSA) is 110 Å². The number of benzene rings is 2. The minimum Gasteiger partial charge on any atom is -0.452 e. The highest BCUT2D eigenvalue weighted by atomic mass is 32.2. The van der Waals surface area contributed by atoms with E-state index in [1.54, 1.807) is 38.1 Å². The van der Waals surface area contributed by atoms with Crippen LogP contribution in [0, 0.1) is 0 Å². The minimum absolute atomic E-state index is 0.154. The first-order chi connectivity index (χ1) is 13.5. The van der Waals surface area contributed by atoms with E-state index in [4.69, 9.17) is 4.74 Å². The zero-order chi connectivity index (χ0) is 21.4. The molecule has 2 aromatic carbocycles. The number of hydrogen-bond acceptors (Lipinski definition) is 6. The standard InChI is InChI=1S/C20H20N2O6S/c1-20(2)19(25)21-14-9-5-6-10-15(14)22(20)17(23)12-28-18(24)13-8-4-7-11-16(13)29(3,26)27/h4-11H,12H2,1-3H3,(H,21,25). The fraction of sp³-hybridized carbons (Fsp3) is 0.250. The molecule has 152 valence electrons. The predicted molar refractivity (Wildman–Crippen MR) is 106 cm³/mol. The van der Waals surface area contributed by atoms with Crippen molar-refractivity contribution in [1.82, 2.24) is 0 Å². The van der Waals surface area contributed by atoms with Crippen molar-refractivity contribution in [3.05, 3.63) is 54.1 Å². The Morgan fingerprint density at radius 1 is 1.07 bits per heavy atom. The first kappa shape index (κ1) is 20.5. The lowest BCUT2D eigenvalue weighted by Gasteiger charge is -2.41. The van der Waals surface area contributed by atoms with Gasteiger partial charge in [-0.2, -0.15) is 0 Å². The summed E-state index contributed by atoms with van der Waals surface area (Å²) in [7, 11) is -3.65. The monoisotopic (exact) mass is 416 g/mol. The van der Waals surface area contributed by atoms with Gasteiger partial charge in [0, 0.05) is 6.26 Å². The number of nitrogens with zero attached hydrogens (tertiary/aromatic N) is 1. The highest BCUT2D eigenvalue weighted by Gasteiger charge is 2.43. The molecule has 0 atom stereocenters. The Hall–Kier alpha value is -3.20. The van der Waals surface area contributed by atoms with E-state index >= 15 is 0 Å². The number of amides is 2. The molecule has 3 rings (SSSR count). The number of fused-ring (bicyclic) bond motifs is 1. The van der Waals surface area contributed by atoms with Gasteiger partial charge in [-0.25, -0.2) is 13.2 Å². The Bertz CT molecular complexity index is 1110. The van der Waals surface area contributed by atoms with Crippen LogP contribution in [0.5, 0.6) is 0 Å². The van der Waals surface area contributed by atoms with Gasteiger partial charge in [-0.3, -0.25) is 14.5 Å². The van der Waals surface area contributed by atoms with Gasteiger partial charge in [0.05, 0.1) is 21.8 Å². The molecule has 0 saturated heterocycles. The molecule has 0 saturated carbocycles. The number of sulfone groups is 1. The molecule has 1 heterocycles. The molecule has 0 radical (unpaired) electrons. The molecular weight excluding hydrogens is 396 g/mol. The second-order valence-corrected chi connectivity index (χ2v) is 9.09. The van der Waals surface area contributed by atoms with E-state index in [-0.39, 0.29) is 16.4 Å². The molecule has 0 spiro atoms. The second-order valence-electron chi connectivity index (χ2n) is 7.10. The summed E-state index contributed by atoms with van der Waals surface area (Å²) in [4.78, 5) is 38.8. The van der Waals surface area contributed by atoms with Crippen LogP contribution >= 0.6 is 0 Å². The molecule has 8 nitrogen and oxygen atoms in total. The maximum absolute atomic E-state index is 12.9. The van der Waals surface area contributed by atoms with Crippen LogP contribution in [0.4, 0.5) is 11.4 Å². The van der Waals surface area contributed by atoms with E-state index in [2.05, 4.69) is 5.32 Å². The lowest BCUT2D eigenvalue weighted by molar-refractivity contribution is -0.128. The molecule has 1 aliphatic rings. The number of anilines is 2. The summed E-state index contributed by atoms with van der Waals surface area (Å²) in [5.41, 5.74) is -0.407. The number of carbonyl (C=O) groups is 3. The van der Waals surface area contributed by atoms with Crippen molar-refractivity contribution in [1.29, 1.82) is 0 Å². The third-order valence-corrected chi connectivity index (χ3v) is 5.75. The van der Waals surface area contributed by atoms with E-state index in [0.717, 1.165) is 6.26 Å². The molecule has 2 aromatic rings. The Labute approximate surface area is 168 Å². The van der Waals surface area contributed by atoms with Crippen LogP contribution in [-0.2, 0) is 24.2 Å². The van der Waals surface area contributed by atoms with Crippen molar-refractivity contribution in [3.8, 4) is 0 Å². The maximum Gasteiger partial charge on any atom is 0.339 e. The van der Waals surface area contributed by atoms with Gasteiger partial charge in [-0.1, -0.05) is 24.3 Å². The zero-order valence-electron chi connectivity index (χ0n) is 16.1. The third-order valence-electron chi connectivity index (χ3n) is 4.59. The summed E-state index contributed by atoms with van der Waals surface area (Å²) in [5, 5.41) is 2.74. The predicted octanol–water partition coefficient (Wildman–Crippen LogP) is 2.01. The number of ether oxygens (including phenoxy) is 1. The van der Waals surface area contributed by atoms with Crippen molar-refractivity contribution < 1.29 is 27.5 Å². The van der Waals surface area contributed by atoms with Gasteiger partial charge in [0.1, 0.15) is 5.54 Å². The second kappa shape index (κ2) is 7.32. The van der Waals surface area contributed by atoms with Crippen LogP contribution < -0.4 is 10.2 Å². The largest absolute Gasteiger partial charge is 0.452 e. The maximum atomic E-state index is 12.9. The summed E-state index contributed by atoms with van der Waals surface area (Å²) < 4.78 is 28.8. The summed E-state index contributed by atoms with van der Waals surface area (Å²) in [5.74, 6) is -1.92. The first-order valence-electron chi connectivity index (χ1n) is 8.73. The van der Waals surface area contributed by atoms with Crippen LogP contribution in [0.15, 0.2) is 53.4 Å². The highest BCUT2D eigenvalue weighted by molar-refractivity contribution is 7.90. The van der Waals surface area contributed by atoms with Crippen molar-refractivity contribution in [2.75, 3.05) is 23.1 Å². The molecule has 0 aromatic heterocycles. The fourth-order valence-electron chi connectivity index (χ4n) is 3.13. The number of rotatable bonds is 4. The van der Waals surface area contributed by atoms with Crippen molar-refractivity contribution in [2.45, 2.75) is 24.3 Å². The quantitative estimate of drug-likeness (QED) is 0.764. The summed E-state index contributed by atoms with van der Waals surface area (Å²) >= 11 is 0. The van der Waals surface area contributed by atoms with Crippen LogP contribution in [-0.4, -0.2) is 44.6 Å². The van der Waals surface area contributed by atoms with Gasteiger partial charge in [-0.15, -0.1) is 0 Å². The van der Waals surface area contributed by atoms with Crippen molar-refractivity contribution in [2.24, 2.45) is 0 Å². The van der Waals surface area contributed by atoms with Crippen LogP contribution in [0.1, 0.15) is 24.2 Å². The number of hydrogen-bond donors (Lipinski definition) is 1. The Kier molecular flexibility index (Phi) is 5.18. The Morgan fingerprint density at radius 2 is 1.69 bits per heavy atom. The van der Waals surface area contributed by atoms with Crippen molar-refractivity contribution >= 4 is 39.0 Å². The van der Waals surface area contributed by atoms with E-state index in [0.29, 0.717) is 11.4 Å². The lowest BCUT2D eigenvalue weighted by atomic mass is 9.96. The molecular formula is C20H20N2O6S. The molecule has 1 aliphatic heterocycles. The van der Waals surface area contributed by atoms with E-state index in [1.165, 1.54) is 29.2 Å². The molecule has 2 amide bonds. The lowest BCUT2D eigenvalue weighted by Crippen LogP contribution is -2.59. The molecule has 0 fully saturated rings. The van der Waals surface area contributed by atoms with Crippen LogP contribution in [0.3, 0.4) is 0 Å². The average Bonchev–Trinajstić information content (AvgIpc) is 2.66. The number of esters is 1. The van der Waals surface area contributed by atoms with Crippen LogP contribution in [0.2, 0.25) is 0 Å². The molecule has 0 aliphatic carbocycles. The molecule has 9 heteroatoms. The summed E-state index contributed by atoms with van der Waals surface area (Å²) in [6, 6.07) is 12.4. The third kappa shape index (κ3) is 3.86. The molecule has 0 bridgehead atoms. The molecule has 1 N–H and O–H groups in total. The van der Waals surface area contributed by atoms with Crippen LogP contribution in [0.25, 0.3) is 0 Å². The number of para-hydroxylation sites is 2. The summed E-state index contributed by atoms with van der Waals surface area (Å²) in [6.07, 6.45) is 0.982. The van der Waals surface area contributed by atoms with Crippen molar-refractivity contribution in [3.63, 3.8) is 0 Å². The molecule has 29 heavy (non-hydrogen) atoms. The van der Waals surface area contributed by atoms with Gasteiger partial charge < -0.3 is 10.1 Å². The van der Waals surface area contributed by atoms with Gasteiger partial charge in [0.15, 0.2) is 16.4 Å². The van der Waals surface area contributed by atoms with E-state index in [9.17, 15) is 22.8 Å². The SMILES string of the molecule is CC1(C)C(=O)Nc2ccccc2N1C(=O)COC(=O)c1ccccc1S(C)(=O)=O. The van der Waals surface area contributed by atoms with E-state index < -0.39 is 33.9 Å². The van der Waals surface area contributed by atoms with Gasteiger partial charge >= 0.3 is 5.97 Å². The van der Waals surface area contributed by atoms with Gasteiger partial charge in [-0.05, 0) is 38.1 Å². The fourth-order valence-corrected chi connectivity index (χ4v) is 4.00. The number of carbonyl (C=O) groups excluding carboxylic acids is 3. The average molecular weight is 416 g/mol. The van der Waals surface area contributed by atoms with E-state index in [1.807, 2.05) is 0 Å². The summed E-state index contributed by atoms with van der Waals surface area (Å²) in [6.45, 7) is 2.51.